The van der Waals surface area contributed by atoms with Gasteiger partial charge in [0.15, 0.2) is 12.2 Å². The Kier molecular flexibility index (Phi) is 61.5. The van der Waals surface area contributed by atoms with Gasteiger partial charge in [-0.15, -0.1) is 0 Å². The van der Waals surface area contributed by atoms with Gasteiger partial charge in [0.05, 0.1) is 26.4 Å². The molecule has 0 aromatic carbocycles. The maximum absolute atomic E-state index is 13.0. The van der Waals surface area contributed by atoms with E-state index in [2.05, 4.69) is 48.5 Å². The summed E-state index contributed by atoms with van der Waals surface area (Å²) in [5.41, 5.74) is 0. The third-order valence-electron chi connectivity index (χ3n) is 17.0. The van der Waals surface area contributed by atoms with Crippen LogP contribution >= 0.6 is 15.6 Å². The van der Waals surface area contributed by atoms with Crippen molar-refractivity contribution in [3.8, 4) is 0 Å². The van der Waals surface area contributed by atoms with Gasteiger partial charge in [0.1, 0.15) is 19.3 Å². The number of esters is 4. The van der Waals surface area contributed by atoms with Gasteiger partial charge in [0.2, 0.25) is 0 Å². The molecule has 0 amide bonds. The number of rotatable bonds is 70. The molecule has 540 valence electrons. The van der Waals surface area contributed by atoms with Crippen molar-refractivity contribution in [1.82, 2.24) is 0 Å². The van der Waals surface area contributed by atoms with Crippen LogP contribution in [0.3, 0.4) is 0 Å². The fourth-order valence-corrected chi connectivity index (χ4v) is 12.4. The monoisotopic (exact) mass is 1340 g/mol. The van der Waals surface area contributed by atoms with Crippen molar-refractivity contribution < 1.29 is 80.2 Å². The molecular weight excluding hydrogens is 1200 g/mol. The summed E-state index contributed by atoms with van der Waals surface area (Å²) in [5, 5.41) is 10.6. The standard InChI is InChI=1S/C72H140O17P2/c1-8-10-11-12-13-31-39-46-53-69(74)82-60-68(89-72(77)56-49-42-35-34-38-45-52-65(7)9-2)62-87-91(80,81)85-58-66(73)57-84-90(78,79)86-61-67(59-83-70(75)54-47-40-32-27-23-20-19-22-26-30-37-44-51-64(5)6)88-71(76)55-48-41-33-28-24-18-16-14-15-17-21-25-29-36-43-50-63(3)4/h63-68,73H,8-62H2,1-7H3,(H,78,79)(H,80,81)/t65?,66-,67-,68-/m1/s1. The molecule has 0 rings (SSSR count). The largest absolute Gasteiger partial charge is 0.472 e. The van der Waals surface area contributed by atoms with E-state index < -0.39 is 97.5 Å². The maximum atomic E-state index is 13.0. The van der Waals surface area contributed by atoms with E-state index in [-0.39, 0.29) is 25.7 Å². The number of ether oxygens (including phenoxy) is 4. The maximum Gasteiger partial charge on any atom is 0.472 e. The van der Waals surface area contributed by atoms with Crippen molar-refractivity contribution in [3.63, 3.8) is 0 Å². The molecule has 0 aliphatic rings. The zero-order valence-electron chi connectivity index (χ0n) is 59.3. The number of aliphatic hydroxyl groups is 1. The predicted molar refractivity (Wildman–Crippen MR) is 368 cm³/mol. The molecule has 0 saturated carbocycles. The van der Waals surface area contributed by atoms with E-state index in [1.165, 1.54) is 167 Å². The first-order valence-corrected chi connectivity index (χ1v) is 40.4. The van der Waals surface area contributed by atoms with E-state index in [1.807, 2.05) is 0 Å². The lowest BCUT2D eigenvalue weighted by Gasteiger charge is -2.21. The zero-order chi connectivity index (χ0) is 67.3. The lowest BCUT2D eigenvalue weighted by molar-refractivity contribution is -0.161. The fraction of sp³-hybridized carbons (Fsp3) is 0.944. The molecule has 0 aromatic heterocycles. The highest BCUT2D eigenvalue weighted by atomic mass is 31.2. The van der Waals surface area contributed by atoms with E-state index in [0.29, 0.717) is 25.7 Å². The van der Waals surface area contributed by atoms with Gasteiger partial charge >= 0.3 is 39.5 Å². The summed E-state index contributed by atoms with van der Waals surface area (Å²) in [7, 11) is -9.90. The molecule has 0 aliphatic carbocycles. The van der Waals surface area contributed by atoms with E-state index in [4.69, 9.17) is 37.0 Å². The molecule has 0 bridgehead atoms. The first-order valence-electron chi connectivity index (χ1n) is 37.4. The number of phosphoric ester groups is 2. The Balaban J connectivity index is 5.21. The molecule has 0 aliphatic heterocycles. The van der Waals surface area contributed by atoms with Crippen molar-refractivity contribution in [1.29, 1.82) is 0 Å². The summed E-state index contributed by atoms with van der Waals surface area (Å²) in [6.07, 6.45) is 47.3. The SMILES string of the molecule is CCCCCCCCCCC(=O)OC[C@H](COP(=O)(O)OC[C@H](O)COP(=O)(O)OC[C@@H](COC(=O)CCCCCCCCCCCCCCC(C)C)OC(=O)CCCCCCCCCCCCCCCCCC(C)C)OC(=O)CCCCCCCCC(C)CC. The number of hydrogen-bond acceptors (Lipinski definition) is 15. The van der Waals surface area contributed by atoms with Gasteiger partial charge in [-0.05, 0) is 43.4 Å². The molecule has 17 nitrogen and oxygen atoms in total. The highest BCUT2D eigenvalue weighted by Crippen LogP contribution is 2.45. The highest BCUT2D eigenvalue weighted by Gasteiger charge is 2.30. The Bertz CT molecular complexity index is 1790. The number of carbonyl (C=O) groups excluding carboxylic acids is 4. The summed E-state index contributed by atoms with van der Waals surface area (Å²) >= 11 is 0. The molecule has 0 heterocycles. The molecule has 0 radical (unpaired) electrons. The lowest BCUT2D eigenvalue weighted by atomic mass is 10.00. The normalized spacial score (nSPS) is 14.5. The second-order valence-electron chi connectivity index (χ2n) is 27.2. The van der Waals surface area contributed by atoms with Crippen molar-refractivity contribution in [2.75, 3.05) is 39.6 Å². The summed E-state index contributed by atoms with van der Waals surface area (Å²) in [6, 6.07) is 0. The summed E-state index contributed by atoms with van der Waals surface area (Å²) < 4.78 is 68.3. The topological polar surface area (TPSA) is 237 Å². The minimum Gasteiger partial charge on any atom is -0.462 e. The molecule has 3 N–H and O–H groups in total. The Morgan fingerprint density at radius 2 is 0.560 bits per heavy atom. The highest BCUT2D eigenvalue weighted by molar-refractivity contribution is 7.47. The van der Waals surface area contributed by atoms with Crippen LogP contribution in [-0.4, -0.2) is 96.7 Å². The minimum atomic E-state index is -4.95. The van der Waals surface area contributed by atoms with Crippen LogP contribution < -0.4 is 0 Å². The molecule has 0 saturated heterocycles. The van der Waals surface area contributed by atoms with Crippen molar-refractivity contribution in [2.45, 2.75) is 381 Å². The van der Waals surface area contributed by atoms with Gasteiger partial charge in [-0.1, -0.05) is 312 Å². The van der Waals surface area contributed by atoms with Gasteiger partial charge in [0.25, 0.3) is 0 Å². The summed E-state index contributed by atoms with van der Waals surface area (Å²) in [6.45, 7) is 11.8. The first-order chi connectivity index (χ1) is 43.8. The average Bonchev–Trinajstić information content (AvgIpc) is 3.19. The van der Waals surface area contributed by atoms with Crippen LogP contribution in [0.2, 0.25) is 0 Å². The van der Waals surface area contributed by atoms with Crippen LogP contribution in [0.4, 0.5) is 0 Å². The number of carbonyl (C=O) groups is 4. The van der Waals surface area contributed by atoms with Crippen LogP contribution in [0.5, 0.6) is 0 Å². The fourth-order valence-electron chi connectivity index (χ4n) is 10.9. The van der Waals surface area contributed by atoms with Gasteiger partial charge < -0.3 is 33.8 Å². The van der Waals surface area contributed by atoms with Gasteiger partial charge in [-0.25, -0.2) is 9.13 Å². The van der Waals surface area contributed by atoms with Crippen molar-refractivity contribution >= 4 is 39.5 Å². The predicted octanol–water partition coefficient (Wildman–Crippen LogP) is 20.6. The molecule has 0 aromatic rings. The molecule has 6 atom stereocenters. The number of aliphatic hydroxyl groups excluding tert-OH is 1. The molecule has 19 heteroatoms. The van der Waals surface area contributed by atoms with Crippen LogP contribution in [-0.2, 0) is 65.4 Å². The van der Waals surface area contributed by atoms with Crippen LogP contribution in [0.25, 0.3) is 0 Å². The third kappa shape index (κ3) is 65.1. The summed E-state index contributed by atoms with van der Waals surface area (Å²) in [5.74, 6) is 0.177. The first kappa shape index (κ1) is 89.1. The lowest BCUT2D eigenvalue weighted by Crippen LogP contribution is -2.30. The Labute approximate surface area is 556 Å². The Hall–Kier alpha value is -1.94. The van der Waals surface area contributed by atoms with Crippen LogP contribution in [0, 0.1) is 17.8 Å². The third-order valence-corrected chi connectivity index (χ3v) is 18.9. The minimum absolute atomic E-state index is 0.103. The van der Waals surface area contributed by atoms with E-state index in [0.717, 1.165) is 114 Å². The van der Waals surface area contributed by atoms with Crippen molar-refractivity contribution in [3.05, 3.63) is 0 Å². The number of hydrogen-bond donors (Lipinski definition) is 3. The van der Waals surface area contributed by atoms with Gasteiger partial charge in [0, 0.05) is 25.7 Å². The number of unbranched alkanes of at least 4 members (excludes halogenated alkanes) is 37. The second-order valence-corrected chi connectivity index (χ2v) is 30.1. The van der Waals surface area contributed by atoms with E-state index in [9.17, 15) is 43.2 Å². The van der Waals surface area contributed by atoms with Crippen LogP contribution in [0.15, 0.2) is 0 Å². The Morgan fingerprint density at radius 1 is 0.319 bits per heavy atom. The second kappa shape index (κ2) is 62.8. The number of phosphoric acid groups is 2. The van der Waals surface area contributed by atoms with Crippen molar-refractivity contribution in [2.24, 2.45) is 17.8 Å². The molecule has 0 fully saturated rings. The smallest absolute Gasteiger partial charge is 0.462 e. The average molecular weight is 1340 g/mol. The summed E-state index contributed by atoms with van der Waals surface area (Å²) in [4.78, 5) is 72.5. The van der Waals surface area contributed by atoms with Crippen LogP contribution in [0.1, 0.15) is 363 Å². The molecule has 3 unspecified atom stereocenters. The van der Waals surface area contributed by atoms with E-state index >= 15 is 0 Å². The van der Waals surface area contributed by atoms with E-state index in [1.54, 1.807) is 0 Å². The van der Waals surface area contributed by atoms with Gasteiger partial charge in [-0.2, -0.15) is 0 Å². The quantitative estimate of drug-likeness (QED) is 0.0222. The Morgan fingerprint density at radius 3 is 0.835 bits per heavy atom. The van der Waals surface area contributed by atoms with Gasteiger partial charge in [-0.3, -0.25) is 37.3 Å². The molecule has 91 heavy (non-hydrogen) atoms. The molecule has 0 spiro atoms. The zero-order valence-corrected chi connectivity index (χ0v) is 61.1. The molecular formula is C72H140O17P2.